The number of hydrogen-bond acceptors (Lipinski definition) is 5. The van der Waals surface area contributed by atoms with Crippen molar-refractivity contribution in [2.45, 2.75) is 43.8 Å². The Hall–Kier alpha value is -3.19. The fraction of sp³-hybridized carbons (Fsp3) is 0.320. The molecular formula is C25H25N3O3S. The van der Waals surface area contributed by atoms with E-state index in [0.29, 0.717) is 11.6 Å². The van der Waals surface area contributed by atoms with Gasteiger partial charge in [0.25, 0.3) is 0 Å². The third-order valence-electron chi connectivity index (χ3n) is 6.36. The maximum Gasteiger partial charge on any atom is 0.337 e. The summed E-state index contributed by atoms with van der Waals surface area (Å²) in [6.07, 6.45) is 6.53. The number of furan rings is 1. The van der Waals surface area contributed by atoms with E-state index in [1.165, 1.54) is 20.0 Å². The highest BCUT2D eigenvalue weighted by molar-refractivity contribution is 7.80. The molecule has 7 heteroatoms. The molecule has 1 saturated carbocycles. The maximum absolute atomic E-state index is 11.7. The van der Waals surface area contributed by atoms with Crippen LogP contribution in [0.3, 0.4) is 0 Å². The van der Waals surface area contributed by atoms with Crippen LogP contribution in [0, 0.1) is 0 Å². The molecule has 2 aliphatic rings. The monoisotopic (exact) mass is 447 g/mol. The van der Waals surface area contributed by atoms with Crippen LogP contribution < -0.4 is 5.32 Å². The van der Waals surface area contributed by atoms with Gasteiger partial charge in [-0.05, 0) is 61.5 Å². The van der Waals surface area contributed by atoms with Crippen molar-refractivity contribution < 1.29 is 13.9 Å². The molecule has 0 amide bonds. The van der Waals surface area contributed by atoms with E-state index in [9.17, 15) is 4.79 Å². The van der Waals surface area contributed by atoms with Crippen LogP contribution in [-0.2, 0) is 4.74 Å². The van der Waals surface area contributed by atoms with Gasteiger partial charge in [0.1, 0.15) is 17.6 Å². The highest BCUT2D eigenvalue weighted by Gasteiger charge is 2.45. The molecule has 0 spiro atoms. The minimum atomic E-state index is -0.354. The van der Waals surface area contributed by atoms with Crippen LogP contribution in [0.4, 0.5) is 0 Å². The van der Waals surface area contributed by atoms with E-state index in [1.54, 1.807) is 12.1 Å². The van der Waals surface area contributed by atoms with Gasteiger partial charge in [-0.25, -0.2) is 4.79 Å². The predicted molar refractivity (Wildman–Crippen MR) is 125 cm³/mol. The number of benzene rings is 1. The lowest BCUT2D eigenvalue weighted by molar-refractivity contribution is 0.0600. The highest BCUT2D eigenvalue weighted by atomic mass is 32.1. The average molecular weight is 448 g/mol. The number of aromatic nitrogens is 1. The van der Waals surface area contributed by atoms with Crippen LogP contribution in [-0.4, -0.2) is 34.1 Å². The third kappa shape index (κ3) is 3.77. The van der Waals surface area contributed by atoms with Gasteiger partial charge in [0.15, 0.2) is 5.11 Å². The van der Waals surface area contributed by atoms with Crippen molar-refractivity contribution in [3.05, 3.63) is 77.8 Å². The molecule has 1 aromatic carbocycles. The zero-order chi connectivity index (χ0) is 22.1. The Balaban J connectivity index is 1.49. The predicted octanol–water partition coefficient (Wildman–Crippen LogP) is 5.04. The summed E-state index contributed by atoms with van der Waals surface area (Å²) in [7, 11) is 1.38. The molecule has 1 aliphatic heterocycles. The second-order valence-corrected chi connectivity index (χ2v) is 8.63. The number of carbonyl (C=O) groups is 1. The molecule has 5 rings (SSSR count). The van der Waals surface area contributed by atoms with Crippen LogP contribution >= 0.6 is 12.2 Å². The number of nitrogens with zero attached hydrogens (tertiary/aromatic N) is 2. The van der Waals surface area contributed by atoms with Gasteiger partial charge in [0, 0.05) is 17.8 Å². The normalized spacial score (nSPS) is 21.0. The van der Waals surface area contributed by atoms with Gasteiger partial charge in [-0.2, -0.15) is 0 Å². The smallest absolute Gasteiger partial charge is 0.337 e. The van der Waals surface area contributed by atoms with Crippen molar-refractivity contribution in [2.75, 3.05) is 7.11 Å². The summed E-state index contributed by atoms with van der Waals surface area (Å²) < 4.78 is 11.2. The Morgan fingerprint density at radius 1 is 1.12 bits per heavy atom. The number of rotatable bonds is 5. The van der Waals surface area contributed by atoms with Crippen molar-refractivity contribution in [1.82, 2.24) is 15.2 Å². The molecule has 1 N–H and O–H groups in total. The van der Waals surface area contributed by atoms with E-state index in [0.717, 1.165) is 40.7 Å². The zero-order valence-electron chi connectivity index (χ0n) is 17.9. The Morgan fingerprint density at radius 3 is 2.59 bits per heavy atom. The number of pyridine rings is 1. The Kier molecular flexibility index (Phi) is 5.66. The zero-order valence-corrected chi connectivity index (χ0v) is 18.7. The second kappa shape index (κ2) is 8.74. The van der Waals surface area contributed by atoms with Crippen molar-refractivity contribution in [1.29, 1.82) is 0 Å². The van der Waals surface area contributed by atoms with Crippen LogP contribution in [0.2, 0.25) is 0 Å². The molecule has 2 atom stereocenters. The summed E-state index contributed by atoms with van der Waals surface area (Å²) in [5.74, 6) is 1.25. The van der Waals surface area contributed by atoms with E-state index in [1.807, 2.05) is 48.7 Å². The molecule has 0 radical (unpaired) electrons. The lowest BCUT2D eigenvalue weighted by Crippen LogP contribution is -2.37. The molecule has 32 heavy (non-hydrogen) atoms. The molecule has 2 fully saturated rings. The number of thiocarbonyl (C=S) groups is 1. The van der Waals surface area contributed by atoms with Gasteiger partial charge in [0.05, 0.1) is 24.4 Å². The molecule has 6 nitrogen and oxygen atoms in total. The van der Waals surface area contributed by atoms with E-state index < -0.39 is 0 Å². The Morgan fingerprint density at radius 2 is 1.91 bits per heavy atom. The minimum Gasteiger partial charge on any atom is -0.465 e. The third-order valence-corrected chi connectivity index (χ3v) is 6.69. The molecule has 164 valence electrons. The summed E-state index contributed by atoms with van der Waals surface area (Å²) in [6, 6.07) is 17.5. The van der Waals surface area contributed by atoms with Crippen molar-refractivity contribution in [3.63, 3.8) is 0 Å². The highest BCUT2D eigenvalue weighted by Crippen LogP contribution is 2.44. The largest absolute Gasteiger partial charge is 0.465 e. The first-order valence-electron chi connectivity index (χ1n) is 10.9. The topological polar surface area (TPSA) is 67.6 Å². The molecular weight excluding hydrogens is 422 g/mol. The number of esters is 1. The molecule has 2 unspecified atom stereocenters. The van der Waals surface area contributed by atoms with E-state index in [2.05, 4.69) is 15.2 Å². The van der Waals surface area contributed by atoms with Gasteiger partial charge in [-0.1, -0.05) is 31.0 Å². The fourth-order valence-corrected chi connectivity index (χ4v) is 5.19. The number of ether oxygens (including phenoxy) is 1. The van der Waals surface area contributed by atoms with Crippen LogP contribution in [0.5, 0.6) is 0 Å². The van der Waals surface area contributed by atoms with Crippen molar-refractivity contribution in [2.24, 2.45) is 0 Å². The molecule has 3 aromatic rings. The van der Waals surface area contributed by atoms with E-state index >= 15 is 0 Å². The summed E-state index contributed by atoms with van der Waals surface area (Å²) in [5, 5.41) is 4.27. The number of methoxy groups -OCH3 is 1. The summed E-state index contributed by atoms with van der Waals surface area (Å²) in [6.45, 7) is 0. The van der Waals surface area contributed by atoms with Crippen LogP contribution in [0.25, 0.3) is 11.3 Å². The van der Waals surface area contributed by atoms with Gasteiger partial charge < -0.3 is 19.4 Å². The first-order chi connectivity index (χ1) is 15.7. The van der Waals surface area contributed by atoms with Gasteiger partial charge in [0.2, 0.25) is 0 Å². The van der Waals surface area contributed by atoms with Crippen molar-refractivity contribution >= 4 is 23.3 Å². The molecule has 0 bridgehead atoms. The van der Waals surface area contributed by atoms with Crippen LogP contribution in [0.15, 0.2) is 65.2 Å². The molecule has 2 aromatic heterocycles. The van der Waals surface area contributed by atoms with Gasteiger partial charge in [-0.15, -0.1) is 0 Å². The minimum absolute atomic E-state index is 0.0661. The molecule has 1 saturated heterocycles. The SMILES string of the molecule is COC(=O)c1ccc(-c2ccc(C3C(c4ccccn4)NC(=S)N3C3CCCC3)o2)cc1. The second-order valence-electron chi connectivity index (χ2n) is 8.24. The van der Waals surface area contributed by atoms with Crippen LogP contribution in [0.1, 0.15) is 59.6 Å². The Labute approximate surface area is 192 Å². The number of hydrogen-bond donors (Lipinski definition) is 1. The maximum atomic E-state index is 11.7. The van der Waals surface area contributed by atoms with Gasteiger partial charge in [-0.3, -0.25) is 4.98 Å². The molecule has 3 heterocycles. The number of carbonyl (C=O) groups excluding carboxylic acids is 1. The number of nitrogens with one attached hydrogen (secondary N) is 1. The summed E-state index contributed by atoms with van der Waals surface area (Å²) >= 11 is 5.78. The standard InChI is InChI=1S/C25H25N3O3S/c1-30-24(29)17-11-9-16(10-12-17)20-13-14-21(31-20)23-22(19-8-4-5-15-26-19)27-25(32)28(23)18-6-2-3-7-18/h4-5,8-15,18,22-23H,2-3,6-7H2,1H3,(H,27,32). The van der Waals surface area contributed by atoms with Crippen molar-refractivity contribution in [3.8, 4) is 11.3 Å². The van der Waals surface area contributed by atoms with E-state index in [4.69, 9.17) is 21.4 Å². The lowest BCUT2D eigenvalue weighted by Gasteiger charge is -2.31. The van der Waals surface area contributed by atoms with Gasteiger partial charge >= 0.3 is 5.97 Å². The first kappa shape index (κ1) is 20.7. The first-order valence-corrected chi connectivity index (χ1v) is 11.3. The quantitative estimate of drug-likeness (QED) is 0.434. The summed E-state index contributed by atoms with van der Waals surface area (Å²) in [5.41, 5.74) is 2.36. The summed E-state index contributed by atoms with van der Waals surface area (Å²) in [4.78, 5) is 18.6. The molecule has 1 aliphatic carbocycles. The Bertz CT molecular complexity index is 1110. The lowest BCUT2D eigenvalue weighted by atomic mass is 10.0. The van der Waals surface area contributed by atoms with E-state index in [-0.39, 0.29) is 18.1 Å². The average Bonchev–Trinajstić information content (AvgIpc) is 3.59. The fourth-order valence-electron chi connectivity index (χ4n) is 4.80.